The van der Waals surface area contributed by atoms with Crippen molar-refractivity contribution in [3.05, 3.63) is 27.9 Å². The molecular weight excluding hydrogens is 188 g/mol. The Bertz CT molecular complexity index is 385. The summed E-state index contributed by atoms with van der Waals surface area (Å²) in [5, 5.41) is 8.50. The summed E-state index contributed by atoms with van der Waals surface area (Å²) in [6.45, 7) is 0.155. The van der Waals surface area contributed by atoms with Crippen LogP contribution in [0.25, 0.3) is 0 Å². The van der Waals surface area contributed by atoms with Crippen molar-refractivity contribution in [2.45, 2.75) is 13.0 Å². The number of carboxylic acids is 1. The number of ether oxygens (including phenoxy) is 1. The molecule has 1 rings (SSSR count). The zero-order valence-corrected chi connectivity index (χ0v) is 7.61. The van der Waals surface area contributed by atoms with Crippen molar-refractivity contribution in [3.63, 3.8) is 0 Å². The van der Waals surface area contributed by atoms with Crippen LogP contribution in [0.3, 0.4) is 0 Å². The molecule has 0 saturated carbocycles. The highest BCUT2D eigenvalue weighted by Crippen LogP contribution is 1.95. The molecule has 6 nitrogen and oxygen atoms in total. The molecule has 76 valence electrons. The molecule has 0 aliphatic carbocycles. The molecule has 0 fully saturated rings. The van der Waals surface area contributed by atoms with Crippen molar-refractivity contribution in [3.8, 4) is 0 Å². The van der Waals surface area contributed by atoms with Gasteiger partial charge in [0.15, 0.2) is 0 Å². The van der Waals surface area contributed by atoms with Crippen LogP contribution in [0.15, 0.2) is 10.9 Å². The lowest BCUT2D eigenvalue weighted by molar-refractivity contribution is -0.136. The van der Waals surface area contributed by atoms with E-state index in [9.17, 15) is 9.59 Å². The number of hydrogen-bond acceptors (Lipinski definition) is 4. The molecule has 0 atom stereocenters. The van der Waals surface area contributed by atoms with Crippen molar-refractivity contribution >= 4 is 5.97 Å². The van der Waals surface area contributed by atoms with Crippen LogP contribution in [0, 0.1) is 0 Å². The lowest BCUT2D eigenvalue weighted by atomic mass is 10.3. The molecule has 0 amide bonds. The van der Waals surface area contributed by atoms with E-state index in [0.29, 0.717) is 5.82 Å². The molecule has 0 radical (unpaired) electrons. The van der Waals surface area contributed by atoms with E-state index in [2.05, 4.69) is 9.97 Å². The Labute approximate surface area is 79.6 Å². The van der Waals surface area contributed by atoms with Gasteiger partial charge in [-0.2, -0.15) is 0 Å². The van der Waals surface area contributed by atoms with E-state index < -0.39 is 5.97 Å². The molecule has 0 bridgehead atoms. The van der Waals surface area contributed by atoms with Crippen molar-refractivity contribution in [2.75, 3.05) is 7.11 Å². The summed E-state index contributed by atoms with van der Waals surface area (Å²) < 4.78 is 4.76. The Morgan fingerprint density at radius 1 is 1.71 bits per heavy atom. The first-order valence-corrected chi connectivity index (χ1v) is 3.91. The molecule has 0 aliphatic rings. The summed E-state index contributed by atoms with van der Waals surface area (Å²) in [7, 11) is 1.46. The minimum atomic E-state index is -1.02. The average molecular weight is 198 g/mol. The van der Waals surface area contributed by atoms with E-state index in [0.717, 1.165) is 6.07 Å². The van der Waals surface area contributed by atoms with Gasteiger partial charge < -0.3 is 14.8 Å². The van der Waals surface area contributed by atoms with Crippen LogP contribution in [0.2, 0.25) is 0 Å². The Hall–Kier alpha value is -1.69. The van der Waals surface area contributed by atoms with Gasteiger partial charge in [-0.05, 0) is 0 Å². The molecule has 0 aromatic carbocycles. The molecule has 0 spiro atoms. The minimum Gasteiger partial charge on any atom is -0.481 e. The number of carboxylic acid groups (broad SMARTS) is 1. The van der Waals surface area contributed by atoms with Crippen molar-refractivity contribution in [2.24, 2.45) is 0 Å². The number of methoxy groups -OCH3 is 1. The largest absolute Gasteiger partial charge is 0.481 e. The molecule has 0 aliphatic heterocycles. The summed E-state index contributed by atoms with van der Waals surface area (Å²) in [5.41, 5.74) is -0.142. The first-order valence-electron chi connectivity index (χ1n) is 3.91. The van der Waals surface area contributed by atoms with Crippen LogP contribution in [0.4, 0.5) is 0 Å². The molecule has 0 saturated heterocycles. The Balaban J connectivity index is 2.94. The van der Waals surface area contributed by atoms with Gasteiger partial charge in [0.1, 0.15) is 12.4 Å². The lowest BCUT2D eigenvalue weighted by Gasteiger charge is -2.00. The molecule has 0 unspecified atom stereocenters. The number of H-pyrrole nitrogens is 1. The predicted octanol–water partition coefficient (Wildman–Crippen LogP) is -0.457. The number of aromatic nitrogens is 2. The smallest absolute Gasteiger partial charge is 0.309 e. The fourth-order valence-electron chi connectivity index (χ4n) is 1.01. The molecular formula is C8H10N2O4. The second-order valence-electron chi connectivity index (χ2n) is 2.69. The van der Waals surface area contributed by atoms with Crippen LogP contribution in [-0.2, 0) is 22.6 Å². The molecule has 1 aromatic heterocycles. The van der Waals surface area contributed by atoms with Crippen LogP contribution >= 0.6 is 0 Å². The van der Waals surface area contributed by atoms with Gasteiger partial charge >= 0.3 is 5.97 Å². The standard InChI is InChI=1S/C8H10N2O4/c1-14-4-6-9-5(3-8(12)13)2-7(11)10-6/h2H,3-4H2,1H3,(H,12,13)(H,9,10,11). The lowest BCUT2D eigenvalue weighted by Crippen LogP contribution is -2.15. The Morgan fingerprint density at radius 3 is 3.00 bits per heavy atom. The predicted molar refractivity (Wildman–Crippen MR) is 46.9 cm³/mol. The van der Waals surface area contributed by atoms with Gasteiger partial charge in [0.25, 0.3) is 5.56 Å². The molecule has 1 heterocycles. The van der Waals surface area contributed by atoms with E-state index in [4.69, 9.17) is 9.84 Å². The second kappa shape index (κ2) is 4.52. The number of aromatic amines is 1. The molecule has 6 heteroatoms. The summed E-state index contributed by atoms with van der Waals surface area (Å²) in [6, 6.07) is 1.16. The number of carbonyl (C=O) groups is 1. The minimum absolute atomic E-state index is 0.155. The zero-order valence-electron chi connectivity index (χ0n) is 7.61. The number of nitrogens with one attached hydrogen (secondary N) is 1. The summed E-state index contributed by atoms with van der Waals surface area (Å²) >= 11 is 0. The van der Waals surface area contributed by atoms with Gasteiger partial charge in [-0.25, -0.2) is 4.98 Å². The highest BCUT2D eigenvalue weighted by Gasteiger charge is 2.05. The maximum atomic E-state index is 11.0. The summed E-state index contributed by atoms with van der Waals surface area (Å²) in [4.78, 5) is 27.7. The van der Waals surface area contributed by atoms with Crippen LogP contribution in [0.1, 0.15) is 11.5 Å². The van der Waals surface area contributed by atoms with E-state index in [1.807, 2.05) is 0 Å². The SMILES string of the molecule is COCc1nc(CC(=O)O)cc(=O)[nH]1. The van der Waals surface area contributed by atoms with E-state index >= 15 is 0 Å². The first-order chi connectivity index (χ1) is 6.61. The third-order valence-corrected chi connectivity index (χ3v) is 1.46. The quantitative estimate of drug-likeness (QED) is 0.683. The topological polar surface area (TPSA) is 92.3 Å². The van der Waals surface area contributed by atoms with Gasteiger partial charge in [-0.15, -0.1) is 0 Å². The number of aliphatic carboxylic acids is 1. The zero-order chi connectivity index (χ0) is 10.6. The normalized spacial score (nSPS) is 10.1. The van der Waals surface area contributed by atoms with Crippen molar-refractivity contribution in [1.82, 2.24) is 9.97 Å². The number of hydrogen-bond donors (Lipinski definition) is 2. The van der Waals surface area contributed by atoms with Gasteiger partial charge in [-0.1, -0.05) is 0 Å². The fraction of sp³-hybridized carbons (Fsp3) is 0.375. The van der Waals surface area contributed by atoms with E-state index in [1.165, 1.54) is 7.11 Å². The highest BCUT2D eigenvalue weighted by molar-refractivity contribution is 5.69. The maximum Gasteiger partial charge on any atom is 0.309 e. The fourth-order valence-corrected chi connectivity index (χ4v) is 1.01. The second-order valence-corrected chi connectivity index (χ2v) is 2.69. The third kappa shape index (κ3) is 2.98. The molecule has 1 aromatic rings. The molecule has 2 N–H and O–H groups in total. The average Bonchev–Trinajstić information content (AvgIpc) is 2.01. The summed E-state index contributed by atoms with van der Waals surface area (Å²) in [6.07, 6.45) is -0.263. The monoisotopic (exact) mass is 198 g/mol. The van der Waals surface area contributed by atoms with E-state index in [1.54, 1.807) is 0 Å². The molecule has 14 heavy (non-hydrogen) atoms. The van der Waals surface area contributed by atoms with Crippen LogP contribution in [0.5, 0.6) is 0 Å². The van der Waals surface area contributed by atoms with E-state index in [-0.39, 0.29) is 24.3 Å². The van der Waals surface area contributed by atoms with Gasteiger partial charge in [0, 0.05) is 13.2 Å². The number of nitrogens with zero attached hydrogens (tertiary/aromatic N) is 1. The van der Waals surface area contributed by atoms with Gasteiger partial charge in [0.2, 0.25) is 0 Å². The van der Waals surface area contributed by atoms with Crippen LogP contribution in [-0.4, -0.2) is 28.2 Å². The van der Waals surface area contributed by atoms with Crippen molar-refractivity contribution in [1.29, 1.82) is 0 Å². The summed E-state index contributed by atoms with van der Waals surface area (Å²) in [5.74, 6) is -0.692. The van der Waals surface area contributed by atoms with Gasteiger partial charge in [-0.3, -0.25) is 9.59 Å². The van der Waals surface area contributed by atoms with Crippen molar-refractivity contribution < 1.29 is 14.6 Å². The third-order valence-electron chi connectivity index (χ3n) is 1.46. The van der Waals surface area contributed by atoms with Crippen LogP contribution < -0.4 is 5.56 Å². The Morgan fingerprint density at radius 2 is 2.43 bits per heavy atom. The number of rotatable bonds is 4. The maximum absolute atomic E-state index is 11.0. The van der Waals surface area contributed by atoms with Gasteiger partial charge in [0.05, 0.1) is 12.1 Å². The highest BCUT2D eigenvalue weighted by atomic mass is 16.5. The first kappa shape index (κ1) is 10.4. The Kier molecular flexibility index (Phi) is 3.35.